The van der Waals surface area contributed by atoms with Crippen molar-refractivity contribution < 1.29 is 53.2 Å². The van der Waals surface area contributed by atoms with Crippen molar-refractivity contribution in [2.75, 3.05) is 32.8 Å². The van der Waals surface area contributed by atoms with E-state index in [2.05, 4.69) is 26.0 Å². The van der Waals surface area contributed by atoms with Crippen LogP contribution < -0.4 is 16.0 Å². The molecule has 0 aliphatic carbocycles. The van der Waals surface area contributed by atoms with Crippen LogP contribution in [-0.2, 0) is 43.0 Å². The molecule has 1 rings (SSSR count). The van der Waals surface area contributed by atoms with E-state index in [0.29, 0.717) is 58.2 Å². The summed E-state index contributed by atoms with van der Waals surface area (Å²) in [6, 6.07) is -0.983. The molecule has 248 valence electrons. The number of nitrogens with zero attached hydrogens (tertiary/aromatic N) is 3. The van der Waals surface area contributed by atoms with Gasteiger partial charge < -0.3 is 40.4 Å². The highest BCUT2D eigenvalue weighted by Gasteiger charge is 2.48. The summed E-state index contributed by atoms with van der Waals surface area (Å²) in [5.74, 6) is -5.62. The molecule has 5 atom stereocenters. The lowest BCUT2D eigenvalue weighted by Gasteiger charge is -2.46. The number of esters is 1. The SMILES string of the molecule is CC(=O)N[C@H]1C(OCCCCC(=O)NCCCNC(=O)CCCCN=[N+]=[N-])O[C@@H](COC(C)=O)[C@H](CC(=O)O)[C@H]1CC(=O)O. The van der Waals surface area contributed by atoms with Gasteiger partial charge in [-0.1, -0.05) is 5.11 Å². The Bertz CT molecular complexity index is 1020. The van der Waals surface area contributed by atoms with Crippen molar-refractivity contribution in [2.45, 2.75) is 90.1 Å². The van der Waals surface area contributed by atoms with Crippen LogP contribution in [0.3, 0.4) is 0 Å². The lowest BCUT2D eigenvalue weighted by Crippen LogP contribution is -2.60. The quantitative estimate of drug-likeness (QED) is 0.0375. The van der Waals surface area contributed by atoms with E-state index >= 15 is 0 Å². The van der Waals surface area contributed by atoms with E-state index in [1.165, 1.54) is 13.8 Å². The summed E-state index contributed by atoms with van der Waals surface area (Å²) in [5.41, 5.74) is 8.21. The highest BCUT2D eigenvalue weighted by Crippen LogP contribution is 2.37. The van der Waals surface area contributed by atoms with Crippen molar-refractivity contribution in [1.29, 1.82) is 0 Å². The zero-order chi connectivity index (χ0) is 32.9. The second-order valence-corrected chi connectivity index (χ2v) is 10.4. The molecule has 0 radical (unpaired) electrons. The van der Waals surface area contributed by atoms with Crippen LogP contribution in [0.5, 0.6) is 0 Å². The van der Waals surface area contributed by atoms with E-state index in [1.807, 2.05) is 0 Å². The first-order valence-corrected chi connectivity index (χ1v) is 14.6. The minimum Gasteiger partial charge on any atom is -0.481 e. The van der Waals surface area contributed by atoms with Gasteiger partial charge in [-0.05, 0) is 37.6 Å². The van der Waals surface area contributed by atoms with Crippen LogP contribution in [0.15, 0.2) is 5.11 Å². The number of carboxylic acids is 2. The van der Waals surface area contributed by atoms with E-state index in [4.69, 9.17) is 19.7 Å². The van der Waals surface area contributed by atoms with Gasteiger partial charge in [-0.15, -0.1) is 0 Å². The number of ether oxygens (including phenoxy) is 3. The molecule has 0 aromatic carbocycles. The molecule has 1 heterocycles. The van der Waals surface area contributed by atoms with Crippen LogP contribution in [0.1, 0.15) is 71.6 Å². The van der Waals surface area contributed by atoms with Gasteiger partial charge in [0.15, 0.2) is 6.29 Å². The molecule has 0 aromatic rings. The third-order valence-corrected chi connectivity index (χ3v) is 6.79. The van der Waals surface area contributed by atoms with Crippen molar-refractivity contribution in [3.8, 4) is 0 Å². The molecular weight excluding hydrogens is 584 g/mol. The van der Waals surface area contributed by atoms with E-state index in [1.54, 1.807) is 0 Å². The van der Waals surface area contributed by atoms with Gasteiger partial charge in [0.25, 0.3) is 0 Å². The Kier molecular flexibility index (Phi) is 18.8. The fourth-order valence-electron chi connectivity index (χ4n) is 4.80. The van der Waals surface area contributed by atoms with Crippen molar-refractivity contribution in [1.82, 2.24) is 16.0 Å². The molecule has 1 aliphatic heterocycles. The molecule has 44 heavy (non-hydrogen) atoms. The monoisotopic (exact) mass is 628 g/mol. The number of carbonyl (C=O) groups excluding carboxylic acids is 4. The van der Waals surface area contributed by atoms with Gasteiger partial charge >= 0.3 is 17.9 Å². The number of unbranched alkanes of at least 4 members (excludes halogenated alkanes) is 2. The highest BCUT2D eigenvalue weighted by atomic mass is 16.7. The first-order valence-electron chi connectivity index (χ1n) is 14.6. The summed E-state index contributed by atoms with van der Waals surface area (Å²) in [6.07, 6.45) is 0.128. The van der Waals surface area contributed by atoms with Gasteiger partial charge in [-0.25, -0.2) is 0 Å². The van der Waals surface area contributed by atoms with Crippen LogP contribution in [0.4, 0.5) is 0 Å². The smallest absolute Gasteiger partial charge is 0.303 e. The topological polar surface area (TPSA) is 255 Å². The summed E-state index contributed by atoms with van der Waals surface area (Å²) in [4.78, 5) is 73.2. The zero-order valence-corrected chi connectivity index (χ0v) is 25.2. The molecule has 0 saturated carbocycles. The van der Waals surface area contributed by atoms with E-state index in [9.17, 15) is 39.0 Å². The molecule has 0 aromatic heterocycles. The number of carboxylic acid groups (broad SMARTS) is 2. The van der Waals surface area contributed by atoms with Gasteiger partial charge in [-0.2, -0.15) is 0 Å². The van der Waals surface area contributed by atoms with Crippen molar-refractivity contribution in [2.24, 2.45) is 17.0 Å². The van der Waals surface area contributed by atoms with Crippen LogP contribution in [0, 0.1) is 11.8 Å². The standard InChI is InChI=1S/C27H44N6O11/c1-17(34)32-26-20(15-25(40)41)19(14-24(38)39)21(16-43-18(2)35)44-27(26)42-13-6-4-9-23(37)30-11-7-10-29-22(36)8-3-5-12-31-33-28/h19-21,26-27H,3-16H2,1-2H3,(H,29,36)(H,30,37)(H,32,34)(H,38,39)(H,40,41)/t19-,20-,21+,26-,27?/m1/s1. The Morgan fingerprint density at radius 1 is 0.864 bits per heavy atom. The molecule has 17 nitrogen and oxygen atoms in total. The molecule has 0 spiro atoms. The Morgan fingerprint density at radius 2 is 1.45 bits per heavy atom. The average Bonchev–Trinajstić information content (AvgIpc) is 2.93. The molecule has 3 amide bonds. The predicted octanol–water partition coefficient (Wildman–Crippen LogP) is 1.25. The maximum atomic E-state index is 12.2. The number of carbonyl (C=O) groups is 6. The maximum Gasteiger partial charge on any atom is 0.303 e. The predicted molar refractivity (Wildman–Crippen MR) is 153 cm³/mol. The second-order valence-electron chi connectivity index (χ2n) is 10.4. The molecule has 1 aliphatic rings. The highest BCUT2D eigenvalue weighted by molar-refractivity contribution is 5.76. The zero-order valence-electron chi connectivity index (χ0n) is 25.2. The van der Waals surface area contributed by atoms with Gasteiger partial charge in [0, 0.05) is 69.7 Å². The summed E-state index contributed by atoms with van der Waals surface area (Å²) < 4.78 is 16.8. The molecular formula is C27H44N6O11. The fraction of sp³-hybridized carbons (Fsp3) is 0.778. The Hall–Kier alpha value is -3.95. The third kappa shape index (κ3) is 16.6. The number of azide groups is 1. The number of rotatable bonds is 22. The second kappa shape index (κ2) is 21.7. The molecule has 1 saturated heterocycles. The van der Waals surface area contributed by atoms with E-state index < -0.39 is 66.9 Å². The number of aliphatic carboxylic acids is 2. The summed E-state index contributed by atoms with van der Waals surface area (Å²) in [6.45, 7) is 3.32. The van der Waals surface area contributed by atoms with E-state index in [0.717, 1.165) is 0 Å². The molecule has 0 bridgehead atoms. The molecule has 1 fully saturated rings. The Balaban J connectivity index is 2.56. The largest absolute Gasteiger partial charge is 0.481 e. The molecule has 17 heteroatoms. The van der Waals surface area contributed by atoms with Crippen molar-refractivity contribution in [3.63, 3.8) is 0 Å². The Labute approximate surface area is 255 Å². The maximum absolute atomic E-state index is 12.2. The average molecular weight is 629 g/mol. The van der Waals surface area contributed by atoms with Crippen LogP contribution >= 0.6 is 0 Å². The lowest BCUT2D eigenvalue weighted by atomic mass is 9.75. The molecule has 1 unspecified atom stereocenters. The van der Waals surface area contributed by atoms with Crippen LogP contribution in [0.25, 0.3) is 10.4 Å². The summed E-state index contributed by atoms with van der Waals surface area (Å²) >= 11 is 0. The third-order valence-electron chi connectivity index (χ3n) is 6.79. The fourth-order valence-corrected chi connectivity index (χ4v) is 4.80. The summed E-state index contributed by atoms with van der Waals surface area (Å²) in [5, 5.41) is 30.6. The Morgan fingerprint density at radius 3 is 2.00 bits per heavy atom. The van der Waals surface area contributed by atoms with Gasteiger partial charge in [0.1, 0.15) is 6.61 Å². The number of hydrogen-bond donors (Lipinski definition) is 5. The number of amides is 3. The van der Waals surface area contributed by atoms with Crippen LogP contribution in [-0.4, -0.2) is 97.1 Å². The minimum atomic E-state index is -1.21. The minimum absolute atomic E-state index is 0.0899. The van der Waals surface area contributed by atoms with E-state index in [-0.39, 0.29) is 31.4 Å². The lowest BCUT2D eigenvalue weighted by molar-refractivity contribution is -0.250. The summed E-state index contributed by atoms with van der Waals surface area (Å²) in [7, 11) is 0. The van der Waals surface area contributed by atoms with Crippen LogP contribution in [0.2, 0.25) is 0 Å². The van der Waals surface area contributed by atoms with Gasteiger partial charge in [-0.3, -0.25) is 28.8 Å². The van der Waals surface area contributed by atoms with Crippen molar-refractivity contribution in [3.05, 3.63) is 10.4 Å². The van der Waals surface area contributed by atoms with Crippen molar-refractivity contribution >= 4 is 35.6 Å². The number of hydrogen-bond acceptors (Lipinski definition) is 10. The first kappa shape index (κ1) is 38.1. The van der Waals surface area contributed by atoms with Gasteiger partial charge in [0.2, 0.25) is 17.7 Å². The number of nitrogens with one attached hydrogen (secondary N) is 3. The first-order chi connectivity index (χ1) is 20.9. The van der Waals surface area contributed by atoms with Gasteiger partial charge in [0.05, 0.1) is 25.0 Å². The normalized spacial score (nSPS) is 20.9. The molecule has 5 N–H and O–H groups in total.